The molecule has 2 N–H and O–H groups in total. The van der Waals surface area contributed by atoms with E-state index in [9.17, 15) is 0 Å². The minimum absolute atomic E-state index is 0. The average Bonchev–Trinajstić information content (AvgIpc) is 2.99. The summed E-state index contributed by atoms with van der Waals surface area (Å²) in [5.74, 6) is 1.25. The lowest BCUT2D eigenvalue weighted by Gasteiger charge is -2.33. The Morgan fingerprint density at radius 2 is 2.00 bits per heavy atom. The second-order valence-electron chi connectivity index (χ2n) is 6.81. The molecule has 0 atom stereocenters. The highest BCUT2D eigenvalue weighted by Gasteiger charge is 2.39. The number of aromatic nitrogens is 2. The highest BCUT2D eigenvalue weighted by Crippen LogP contribution is 2.40. The zero-order valence-electron chi connectivity index (χ0n) is 12.8. The van der Waals surface area contributed by atoms with E-state index in [1.807, 2.05) is 13.8 Å². The van der Waals surface area contributed by atoms with Crippen LogP contribution >= 0.6 is 12.4 Å². The molecule has 0 saturated carbocycles. The zero-order valence-corrected chi connectivity index (χ0v) is 13.6. The van der Waals surface area contributed by atoms with Crippen LogP contribution in [-0.4, -0.2) is 41.3 Å². The Morgan fingerprint density at radius 1 is 1.29 bits per heavy atom. The van der Waals surface area contributed by atoms with E-state index in [0.717, 1.165) is 32.8 Å². The molecule has 120 valence electrons. The monoisotopic (exact) mass is 316 g/mol. The van der Waals surface area contributed by atoms with Gasteiger partial charge in [0, 0.05) is 19.8 Å². The zero-order chi connectivity index (χ0) is 14.2. The minimum atomic E-state index is -0.547. The van der Waals surface area contributed by atoms with Gasteiger partial charge in [0.15, 0.2) is 5.82 Å². The largest absolute Gasteiger partial charge is 0.381 e. The summed E-state index contributed by atoms with van der Waals surface area (Å²) in [7, 11) is 0. The second kappa shape index (κ2) is 6.20. The van der Waals surface area contributed by atoms with Crippen LogP contribution in [0.2, 0.25) is 0 Å². The Balaban J connectivity index is 0.00000161. The first-order valence-electron chi connectivity index (χ1n) is 7.39. The van der Waals surface area contributed by atoms with Crippen LogP contribution in [0.1, 0.15) is 44.8 Å². The van der Waals surface area contributed by atoms with Crippen LogP contribution in [-0.2, 0) is 16.8 Å². The summed E-state index contributed by atoms with van der Waals surface area (Å²) >= 11 is 0. The molecule has 2 aliphatic heterocycles. The van der Waals surface area contributed by atoms with Gasteiger partial charge < -0.3 is 15.0 Å². The quantitative estimate of drug-likeness (QED) is 0.914. The van der Waals surface area contributed by atoms with E-state index >= 15 is 0 Å². The van der Waals surface area contributed by atoms with E-state index in [-0.39, 0.29) is 12.4 Å². The van der Waals surface area contributed by atoms with Gasteiger partial charge in [-0.1, -0.05) is 5.16 Å². The molecule has 7 heteroatoms. The molecule has 1 aromatic rings. The Morgan fingerprint density at radius 3 is 2.62 bits per heavy atom. The van der Waals surface area contributed by atoms with E-state index in [2.05, 4.69) is 15.0 Å². The molecule has 21 heavy (non-hydrogen) atoms. The standard InChI is InChI=1S/C14H24N4O2.ClH/c1-13(2,15)12-16-11(20-17-12)9-18-6-3-14(10-18)4-7-19-8-5-14;/h3-10,15H2,1-2H3;1H. The van der Waals surface area contributed by atoms with E-state index in [1.165, 1.54) is 19.3 Å². The third kappa shape index (κ3) is 3.74. The number of rotatable bonds is 3. The van der Waals surface area contributed by atoms with Crippen LogP contribution in [0.5, 0.6) is 0 Å². The summed E-state index contributed by atoms with van der Waals surface area (Å²) < 4.78 is 10.8. The first kappa shape index (κ1) is 16.7. The number of nitrogens with two attached hydrogens (primary N) is 1. The maximum absolute atomic E-state index is 5.98. The van der Waals surface area contributed by atoms with Gasteiger partial charge in [-0.05, 0) is 45.1 Å². The number of likely N-dealkylation sites (tertiary alicyclic amines) is 1. The molecule has 2 aliphatic rings. The predicted molar refractivity (Wildman–Crippen MR) is 81.1 cm³/mol. The van der Waals surface area contributed by atoms with E-state index in [0.29, 0.717) is 17.1 Å². The van der Waals surface area contributed by atoms with E-state index in [1.54, 1.807) is 0 Å². The van der Waals surface area contributed by atoms with Gasteiger partial charge in [0.1, 0.15) is 0 Å². The number of hydrogen-bond donors (Lipinski definition) is 1. The van der Waals surface area contributed by atoms with Gasteiger partial charge in [0.25, 0.3) is 0 Å². The molecule has 3 rings (SSSR count). The van der Waals surface area contributed by atoms with Gasteiger partial charge in [-0.3, -0.25) is 4.90 Å². The molecule has 2 saturated heterocycles. The minimum Gasteiger partial charge on any atom is -0.381 e. The van der Waals surface area contributed by atoms with Gasteiger partial charge in [0.05, 0.1) is 12.1 Å². The van der Waals surface area contributed by atoms with Gasteiger partial charge in [-0.25, -0.2) is 0 Å². The van der Waals surface area contributed by atoms with Crippen molar-refractivity contribution in [3.05, 3.63) is 11.7 Å². The number of nitrogens with zero attached hydrogens (tertiary/aromatic N) is 3. The SMILES string of the molecule is CC(C)(N)c1noc(CN2CCC3(CCOCC3)C2)n1.Cl. The molecular weight excluding hydrogens is 292 g/mol. The molecule has 0 bridgehead atoms. The molecule has 6 nitrogen and oxygen atoms in total. The fourth-order valence-electron chi connectivity index (χ4n) is 3.15. The smallest absolute Gasteiger partial charge is 0.240 e. The summed E-state index contributed by atoms with van der Waals surface area (Å²) in [4.78, 5) is 6.82. The molecule has 0 aromatic carbocycles. The van der Waals surface area contributed by atoms with Gasteiger partial charge >= 0.3 is 0 Å². The first-order chi connectivity index (χ1) is 9.47. The lowest BCUT2D eigenvalue weighted by molar-refractivity contribution is 0.0186. The van der Waals surface area contributed by atoms with Crippen LogP contribution in [0, 0.1) is 5.41 Å². The fraction of sp³-hybridized carbons (Fsp3) is 0.857. The first-order valence-corrected chi connectivity index (χ1v) is 7.39. The maximum atomic E-state index is 5.98. The molecule has 0 radical (unpaired) electrons. The van der Waals surface area contributed by atoms with Crippen molar-refractivity contribution >= 4 is 12.4 Å². The van der Waals surface area contributed by atoms with Gasteiger partial charge in [0.2, 0.25) is 5.89 Å². The third-order valence-corrected chi connectivity index (χ3v) is 4.47. The van der Waals surface area contributed by atoms with Crippen LogP contribution in [0.25, 0.3) is 0 Å². The average molecular weight is 317 g/mol. The van der Waals surface area contributed by atoms with Crippen molar-refractivity contribution in [2.75, 3.05) is 26.3 Å². The van der Waals surface area contributed by atoms with Crippen molar-refractivity contribution in [3.63, 3.8) is 0 Å². The van der Waals surface area contributed by atoms with Crippen molar-refractivity contribution in [1.29, 1.82) is 0 Å². The molecule has 1 aromatic heterocycles. The second-order valence-corrected chi connectivity index (χ2v) is 6.81. The predicted octanol–water partition coefficient (Wildman–Crippen LogP) is 1.69. The molecule has 0 aliphatic carbocycles. The number of halogens is 1. The normalized spacial score (nSPS) is 22.4. The molecule has 1 spiro atoms. The molecule has 0 amide bonds. The van der Waals surface area contributed by atoms with Crippen molar-refractivity contribution in [1.82, 2.24) is 15.0 Å². The topological polar surface area (TPSA) is 77.4 Å². The van der Waals surface area contributed by atoms with Gasteiger partial charge in [-0.2, -0.15) is 4.98 Å². The molecular formula is C14H25ClN4O2. The number of ether oxygens (including phenoxy) is 1. The summed E-state index contributed by atoms with van der Waals surface area (Å²) in [5.41, 5.74) is 5.88. The maximum Gasteiger partial charge on any atom is 0.240 e. The van der Waals surface area contributed by atoms with Crippen molar-refractivity contribution in [3.8, 4) is 0 Å². The lowest BCUT2D eigenvalue weighted by Crippen LogP contribution is -2.33. The van der Waals surface area contributed by atoms with Crippen LogP contribution in [0.3, 0.4) is 0 Å². The van der Waals surface area contributed by atoms with Crippen molar-refractivity contribution in [2.45, 2.75) is 45.2 Å². The van der Waals surface area contributed by atoms with E-state index in [4.69, 9.17) is 15.0 Å². The van der Waals surface area contributed by atoms with E-state index < -0.39 is 5.54 Å². The van der Waals surface area contributed by atoms with Crippen LogP contribution in [0.4, 0.5) is 0 Å². The van der Waals surface area contributed by atoms with Crippen molar-refractivity contribution < 1.29 is 9.26 Å². The Kier molecular flexibility index (Phi) is 4.92. The Bertz CT molecular complexity index is 466. The summed E-state index contributed by atoms with van der Waals surface area (Å²) in [6.07, 6.45) is 3.60. The van der Waals surface area contributed by atoms with Crippen LogP contribution < -0.4 is 5.73 Å². The Hall–Kier alpha value is -0.690. The summed E-state index contributed by atoms with van der Waals surface area (Å²) in [5, 5.41) is 3.98. The highest BCUT2D eigenvalue weighted by molar-refractivity contribution is 5.85. The lowest BCUT2D eigenvalue weighted by atomic mass is 9.80. The number of hydrogen-bond acceptors (Lipinski definition) is 6. The highest BCUT2D eigenvalue weighted by atomic mass is 35.5. The third-order valence-electron chi connectivity index (χ3n) is 4.47. The molecule has 0 unspecified atom stereocenters. The summed E-state index contributed by atoms with van der Waals surface area (Å²) in [6, 6.07) is 0. The molecule has 2 fully saturated rings. The Labute approximate surface area is 131 Å². The summed E-state index contributed by atoms with van der Waals surface area (Å²) in [6.45, 7) is 8.51. The van der Waals surface area contributed by atoms with Gasteiger partial charge in [-0.15, -0.1) is 12.4 Å². The van der Waals surface area contributed by atoms with Crippen molar-refractivity contribution in [2.24, 2.45) is 11.1 Å². The molecule has 3 heterocycles. The fourth-order valence-corrected chi connectivity index (χ4v) is 3.15. The van der Waals surface area contributed by atoms with Crippen LogP contribution in [0.15, 0.2) is 4.52 Å².